The molecule has 2 aromatic carbocycles. The number of fused-ring (bicyclic) bond motifs is 1. The molecule has 0 aromatic heterocycles. The molecule has 1 aliphatic heterocycles. The monoisotopic (exact) mass is 390 g/mol. The zero-order valence-corrected chi connectivity index (χ0v) is 15.8. The molecule has 3 unspecified atom stereocenters. The Hall–Kier alpha value is -1.89. The van der Waals surface area contributed by atoms with Crippen LogP contribution >= 0.6 is 11.6 Å². The summed E-state index contributed by atoms with van der Waals surface area (Å²) in [6.07, 6.45) is 0.901. The molecule has 1 aliphatic carbocycles. The summed E-state index contributed by atoms with van der Waals surface area (Å²) in [4.78, 5) is 13.1. The highest BCUT2D eigenvalue weighted by atomic mass is 35.5. The SMILES string of the molecule is Cc1ccc(S(=O)(=O)N2CC3CC3C2C(=O)Nc2ccc(Cl)cc2)cc1. The third-order valence-electron chi connectivity index (χ3n) is 5.12. The maximum absolute atomic E-state index is 13.1. The smallest absolute Gasteiger partial charge is 0.243 e. The van der Waals surface area contributed by atoms with Gasteiger partial charge in [-0.05, 0) is 61.6 Å². The van der Waals surface area contributed by atoms with Crippen molar-refractivity contribution in [3.05, 3.63) is 59.1 Å². The van der Waals surface area contributed by atoms with Crippen molar-refractivity contribution < 1.29 is 13.2 Å². The lowest BCUT2D eigenvalue weighted by atomic mass is 10.2. The average molecular weight is 391 g/mol. The number of aryl methyl sites for hydroxylation is 1. The molecule has 4 rings (SSSR count). The van der Waals surface area contributed by atoms with Gasteiger partial charge in [0.25, 0.3) is 0 Å². The van der Waals surface area contributed by atoms with E-state index in [0.717, 1.165) is 12.0 Å². The van der Waals surface area contributed by atoms with Gasteiger partial charge in [0.05, 0.1) is 4.90 Å². The second-order valence-corrected chi connectivity index (χ2v) is 9.32. The van der Waals surface area contributed by atoms with Crippen LogP contribution in [0.5, 0.6) is 0 Å². The first-order valence-corrected chi connectivity index (χ1v) is 10.3. The molecule has 3 atom stereocenters. The van der Waals surface area contributed by atoms with Crippen molar-refractivity contribution in [1.82, 2.24) is 4.31 Å². The molecule has 2 aromatic rings. The number of hydrogen-bond acceptors (Lipinski definition) is 3. The highest BCUT2D eigenvalue weighted by Crippen LogP contribution is 2.51. The summed E-state index contributed by atoms with van der Waals surface area (Å²) in [5.41, 5.74) is 1.60. The van der Waals surface area contributed by atoms with Crippen molar-refractivity contribution in [3.63, 3.8) is 0 Å². The minimum absolute atomic E-state index is 0.0996. The molecule has 7 heteroatoms. The summed E-state index contributed by atoms with van der Waals surface area (Å²) in [5.74, 6) is 0.0896. The van der Waals surface area contributed by atoms with Crippen molar-refractivity contribution in [2.24, 2.45) is 11.8 Å². The highest BCUT2D eigenvalue weighted by Gasteiger charge is 2.58. The maximum Gasteiger partial charge on any atom is 0.243 e. The molecule has 5 nitrogen and oxygen atoms in total. The molecule has 26 heavy (non-hydrogen) atoms. The summed E-state index contributed by atoms with van der Waals surface area (Å²) in [6.45, 7) is 2.31. The fourth-order valence-electron chi connectivity index (χ4n) is 3.59. The van der Waals surface area contributed by atoms with E-state index in [9.17, 15) is 13.2 Å². The zero-order valence-electron chi connectivity index (χ0n) is 14.2. The quantitative estimate of drug-likeness (QED) is 0.871. The van der Waals surface area contributed by atoms with Crippen LogP contribution in [0.4, 0.5) is 5.69 Å². The van der Waals surface area contributed by atoms with Gasteiger partial charge in [-0.1, -0.05) is 29.3 Å². The molecule has 1 saturated carbocycles. The molecular weight excluding hydrogens is 372 g/mol. The zero-order chi connectivity index (χ0) is 18.5. The van der Waals surface area contributed by atoms with Crippen molar-refractivity contribution >= 4 is 33.2 Å². The van der Waals surface area contributed by atoms with E-state index in [1.807, 2.05) is 6.92 Å². The molecule has 0 spiro atoms. The van der Waals surface area contributed by atoms with Gasteiger partial charge in [-0.25, -0.2) is 8.42 Å². The molecule has 1 heterocycles. The van der Waals surface area contributed by atoms with E-state index < -0.39 is 16.1 Å². The second kappa shape index (κ2) is 6.37. The Labute approximate surface area is 158 Å². The topological polar surface area (TPSA) is 66.5 Å². The number of halogens is 1. The largest absolute Gasteiger partial charge is 0.325 e. The van der Waals surface area contributed by atoms with E-state index >= 15 is 0 Å². The van der Waals surface area contributed by atoms with Crippen LogP contribution in [0.1, 0.15) is 12.0 Å². The molecule has 136 valence electrons. The predicted molar refractivity (Wildman–Crippen MR) is 101 cm³/mol. The number of carbonyl (C=O) groups excluding carboxylic acids is 1. The van der Waals surface area contributed by atoms with Crippen molar-refractivity contribution in [2.45, 2.75) is 24.3 Å². The van der Waals surface area contributed by atoms with Crippen LogP contribution in [0.3, 0.4) is 0 Å². The first kappa shape index (κ1) is 17.5. The number of rotatable bonds is 4. The molecule has 0 radical (unpaired) electrons. The fraction of sp³-hybridized carbons (Fsp3) is 0.316. The van der Waals surface area contributed by atoms with Crippen LogP contribution in [-0.4, -0.2) is 31.2 Å². The number of benzene rings is 2. The number of sulfonamides is 1. The fourth-order valence-corrected chi connectivity index (χ4v) is 5.41. The number of anilines is 1. The molecular formula is C19H19ClN2O3S. The van der Waals surface area contributed by atoms with Crippen LogP contribution in [0.25, 0.3) is 0 Å². The lowest BCUT2D eigenvalue weighted by molar-refractivity contribution is -0.119. The van der Waals surface area contributed by atoms with Crippen LogP contribution in [0.15, 0.2) is 53.4 Å². The van der Waals surface area contributed by atoms with E-state index in [4.69, 9.17) is 11.6 Å². The molecule has 2 aliphatic rings. The summed E-state index contributed by atoms with van der Waals surface area (Å²) < 4.78 is 27.5. The Kier molecular flexibility index (Phi) is 4.29. The van der Waals surface area contributed by atoms with E-state index in [2.05, 4.69) is 5.32 Å². The molecule has 2 fully saturated rings. The Balaban J connectivity index is 1.59. The van der Waals surface area contributed by atoms with Gasteiger partial charge >= 0.3 is 0 Å². The van der Waals surface area contributed by atoms with Crippen molar-refractivity contribution in [2.75, 3.05) is 11.9 Å². The second-order valence-electron chi connectivity index (χ2n) is 6.99. The minimum Gasteiger partial charge on any atom is -0.325 e. The van der Waals surface area contributed by atoms with Crippen LogP contribution in [0.2, 0.25) is 5.02 Å². The van der Waals surface area contributed by atoms with Gasteiger partial charge in [-0.2, -0.15) is 4.31 Å². The van der Waals surface area contributed by atoms with Crippen LogP contribution < -0.4 is 5.32 Å². The first-order valence-electron chi connectivity index (χ1n) is 8.51. The molecule has 1 N–H and O–H groups in total. The number of hydrogen-bond donors (Lipinski definition) is 1. The van der Waals surface area contributed by atoms with E-state index in [1.165, 1.54) is 4.31 Å². The van der Waals surface area contributed by atoms with Crippen molar-refractivity contribution in [3.8, 4) is 0 Å². The normalized spacial score (nSPS) is 24.9. The van der Waals surface area contributed by atoms with E-state index in [-0.39, 0.29) is 22.6 Å². The van der Waals surface area contributed by atoms with E-state index in [1.54, 1.807) is 48.5 Å². The van der Waals surface area contributed by atoms with Gasteiger partial charge in [0.15, 0.2) is 0 Å². The summed E-state index contributed by atoms with van der Waals surface area (Å²) in [7, 11) is -3.70. The van der Waals surface area contributed by atoms with Gasteiger partial charge in [-0.15, -0.1) is 0 Å². The number of nitrogens with one attached hydrogen (secondary N) is 1. The van der Waals surface area contributed by atoms with E-state index in [0.29, 0.717) is 17.3 Å². The summed E-state index contributed by atoms with van der Waals surface area (Å²) >= 11 is 5.87. The Bertz CT molecular complexity index is 942. The van der Waals surface area contributed by atoms with Crippen LogP contribution in [-0.2, 0) is 14.8 Å². The number of nitrogens with zero attached hydrogens (tertiary/aromatic N) is 1. The van der Waals surface area contributed by atoms with Gasteiger partial charge in [0, 0.05) is 17.3 Å². The maximum atomic E-state index is 13.1. The third-order valence-corrected chi connectivity index (χ3v) is 7.23. The number of amides is 1. The van der Waals surface area contributed by atoms with Crippen molar-refractivity contribution in [1.29, 1.82) is 0 Å². The first-order chi connectivity index (χ1) is 12.4. The third kappa shape index (κ3) is 3.13. The number of carbonyl (C=O) groups is 1. The van der Waals surface area contributed by atoms with Gasteiger partial charge in [-0.3, -0.25) is 4.79 Å². The average Bonchev–Trinajstić information content (AvgIpc) is 3.26. The Morgan fingerprint density at radius 2 is 1.77 bits per heavy atom. The molecule has 0 bridgehead atoms. The summed E-state index contributed by atoms with van der Waals surface area (Å²) in [6, 6.07) is 12.9. The van der Waals surface area contributed by atoms with Crippen LogP contribution in [0, 0.1) is 18.8 Å². The Morgan fingerprint density at radius 3 is 2.42 bits per heavy atom. The predicted octanol–water partition coefficient (Wildman–Crippen LogP) is 3.30. The van der Waals surface area contributed by atoms with Gasteiger partial charge in [0.1, 0.15) is 6.04 Å². The van der Waals surface area contributed by atoms with Gasteiger partial charge in [0.2, 0.25) is 15.9 Å². The Morgan fingerprint density at radius 1 is 1.12 bits per heavy atom. The minimum atomic E-state index is -3.70. The molecule has 1 amide bonds. The summed E-state index contributed by atoms with van der Waals surface area (Å²) in [5, 5.41) is 3.41. The number of piperidine rings is 1. The standard InChI is InChI=1S/C19H19ClN2O3S/c1-12-2-8-16(9-3-12)26(24,25)22-11-13-10-17(13)18(22)19(23)21-15-6-4-14(20)5-7-15/h2-9,13,17-18H,10-11H2,1H3,(H,21,23). The van der Waals surface area contributed by atoms with Gasteiger partial charge < -0.3 is 5.32 Å². The lowest BCUT2D eigenvalue weighted by Crippen LogP contribution is -2.45. The molecule has 1 saturated heterocycles. The lowest BCUT2D eigenvalue weighted by Gasteiger charge is -2.26. The highest BCUT2D eigenvalue weighted by molar-refractivity contribution is 7.89.